The molecule has 6 nitrogen and oxygen atoms in total. The smallest absolute Gasteiger partial charge is 0.270 e. The second-order valence-corrected chi connectivity index (χ2v) is 5.14. The van der Waals surface area contributed by atoms with Crippen molar-refractivity contribution in [3.8, 4) is 11.5 Å². The molecule has 0 aliphatic carbocycles. The minimum absolute atomic E-state index is 0.0351. The Hall–Kier alpha value is -2.89. The topological polar surface area (TPSA) is 78.7 Å². The lowest BCUT2D eigenvalue weighted by atomic mass is 10.1. The summed E-state index contributed by atoms with van der Waals surface area (Å²) in [5.74, 6) is 1.21. The Balaban J connectivity index is 2.28. The van der Waals surface area contributed by atoms with E-state index in [1.54, 1.807) is 39.2 Å². The Morgan fingerprint density at radius 1 is 1.17 bits per heavy atom. The molecule has 2 aromatic rings. The Morgan fingerprint density at radius 2 is 1.83 bits per heavy atom. The summed E-state index contributed by atoms with van der Waals surface area (Å²) in [6.45, 7) is 3.72. The van der Waals surface area contributed by atoms with Gasteiger partial charge in [0.15, 0.2) is 0 Å². The van der Waals surface area contributed by atoms with E-state index in [2.05, 4.69) is 0 Å². The van der Waals surface area contributed by atoms with Gasteiger partial charge in [-0.2, -0.15) is 0 Å². The molecule has 2 rings (SSSR count). The lowest BCUT2D eigenvalue weighted by Gasteiger charge is -2.14. The monoisotopic (exact) mass is 315 g/mol. The average molecular weight is 315 g/mol. The van der Waals surface area contributed by atoms with Crippen LogP contribution in [-0.2, 0) is 6.61 Å². The van der Waals surface area contributed by atoms with Crippen LogP contribution in [0.1, 0.15) is 27.0 Å². The van der Waals surface area contributed by atoms with Crippen molar-refractivity contribution < 1.29 is 19.2 Å². The number of carbonyl (C=O) groups is 1. The van der Waals surface area contributed by atoms with Gasteiger partial charge in [0.2, 0.25) is 0 Å². The Kier molecular flexibility index (Phi) is 4.95. The molecule has 0 aromatic heterocycles. The zero-order chi connectivity index (χ0) is 17.0. The van der Waals surface area contributed by atoms with Gasteiger partial charge >= 0.3 is 0 Å². The van der Waals surface area contributed by atoms with E-state index in [0.717, 1.165) is 11.8 Å². The number of aldehydes is 1. The van der Waals surface area contributed by atoms with Crippen LogP contribution < -0.4 is 9.47 Å². The van der Waals surface area contributed by atoms with Crippen LogP contribution in [0.25, 0.3) is 0 Å². The average Bonchev–Trinajstić information content (AvgIpc) is 2.53. The standard InChI is InChI=1S/C17H17NO5/c1-11-6-15(18(20)21)7-12(2)17(11)23-10-14-8-13(9-19)4-5-16(14)22-3/h4-9H,10H2,1-3H3. The van der Waals surface area contributed by atoms with Crippen LogP contribution >= 0.6 is 0 Å². The van der Waals surface area contributed by atoms with Crippen LogP contribution in [0.4, 0.5) is 5.69 Å². The van der Waals surface area contributed by atoms with Gasteiger partial charge in [0, 0.05) is 23.3 Å². The molecule has 0 saturated heterocycles. The molecule has 0 aliphatic rings. The van der Waals surface area contributed by atoms with Gasteiger partial charge in [-0.05, 0) is 43.2 Å². The second kappa shape index (κ2) is 6.91. The molecule has 0 N–H and O–H groups in total. The molecule has 0 amide bonds. The first-order valence-electron chi connectivity index (χ1n) is 6.96. The summed E-state index contributed by atoms with van der Waals surface area (Å²) in [5, 5.41) is 10.9. The molecule has 0 bridgehead atoms. The number of rotatable bonds is 6. The summed E-state index contributed by atoms with van der Waals surface area (Å²) in [4.78, 5) is 21.3. The zero-order valence-corrected chi connectivity index (χ0v) is 13.2. The molecular weight excluding hydrogens is 298 g/mol. The van der Waals surface area contributed by atoms with Crippen LogP contribution in [-0.4, -0.2) is 18.3 Å². The highest BCUT2D eigenvalue weighted by molar-refractivity contribution is 5.75. The van der Waals surface area contributed by atoms with Crippen LogP contribution in [0, 0.1) is 24.0 Å². The maximum atomic E-state index is 10.9. The molecule has 0 spiro atoms. The molecule has 0 aliphatic heterocycles. The first kappa shape index (κ1) is 16.5. The van der Waals surface area contributed by atoms with Crippen molar-refractivity contribution in [3.05, 3.63) is 62.7 Å². The minimum Gasteiger partial charge on any atom is -0.496 e. The molecule has 0 radical (unpaired) electrons. The van der Waals surface area contributed by atoms with Crippen LogP contribution in [0.5, 0.6) is 11.5 Å². The number of hydrogen-bond acceptors (Lipinski definition) is 5. The molecule has 0 atom stereocenters. The lowest BCUT2D eigenvalue weighted by molar-refractivity contribution is -0.385. The molecular formula is C17H17NO5. The van der Waals surface area contributed by atoms with Gasteiger partial charge in [-0.1, -0.05) is 0 Å². The molecule has 0 heterocycles. The van der Waals surface area contributed by atoms with E-state index in [1.807, 2.05) is 0 Å². The number of nitro groups is 1. The second-order valence-electron chi connectivity index (χ2n) is 5.14. The van der Waals surface area contributed by atoms with Gasteiger partial charge in [-0.25, -0.2) is 0 Å². The maximum Gasteiger partial charge on any atom is 0.270 e. The molecule has 6 heteroatoms. The summed E-state index contributed by atoms with van der Waals surface area (Å²) < 4.78 is 11.1. The maximum absolute atomic E-state index is 10.9. The first-order chi connectivity index (χ1) is 11.0. The highest BCUT2D eigenvalue weighted by atomic mass is 16.6. The van der Waals surface area contributed by atoms with Gasteiger partial charge in [-0.15, -0.1) is 0 Å². The first-order valence-corrected chi connectivity index (χ1v) is 6.96. The number of non-ortho nitro benzene ring substituents is 1. The van der Waals surface area contributed by atoms with Crippen LogP contribution in [0.2, 0.25) is 0 Å². The normalized spacial score (nSPS) is 10.2. The van der Waals surface area contributed by atoms with Crippen molar-refractivity contribution in [3.63, 3.8) is 0 Å². The van der Waals surface area contributed by atoms with E-state index >= 15 is 0 Å². The van der Waals surface area contributed by atoms with Crippen molar-refractivity contribution in [1.29, 1.82) is 0 Å². The number of benzene rings is 2. The van der Waals surface area contributed by atoms with Gasteiger partial charge in [0.05, 0.1) is 12.0 Å². The summed E-state index contributed by atoms with van der Waals surface area (Å²) in [7, 11) is 1.54. The van der Waals surface area contributed by atoms with E-state index < -0.39 is 4.92 Å². The van der Waals surface area contributed by atoms with Crippen molar-refractivity contribution in [2.24, 2.45) is 0 Å². The zero-order valence-electron chi connectivity index (χ0n) is 13.2. The number of carbonyl (C=O) groups excluding carboxylic acids is 1. The fraction of sp³-hybridized carbons (Fsp3) is 0.235. The molecule has 23 heavy (non-hydrogen) atoms. The highest BCUT2D eigenvalue weighted by Gasteiger charge is 2.14. The number of hydrogen-bond donors (Lipinski definition) is 0. The predicted octanol–water partition coefficient (Wildman–Crippen LogP) is 3.61. The third-order valence-corrected chi connectivity index (χ3v) is 3.47. The van der Waals surface area contributed by atoms with E-state index in [0.29, 0.717) is 28.2 Å². The van der Waals surface area contributed by atoms with Gasteiger partial charge in [-0.3, -0.25) is 14.9 Å². The van der Waals surface area contributed by atoms with Gasteiger partial charge in [0.25, 0.3) is 5.69 Å². The molecule has 120 valence electrons. The third kappa shape index (κ3) is 3.66. The van der Waals surface area contributed by atoms with E-state index in [9.17, 15) is 14.9 Å². The number of ether oxygens (including phenoxy) is 2. The Bertz CT molecular complexity index is 732. The number of nitrogens with zero attached hydrogens (tertiary/aromatic N) is 1. The summed E-state index contributed by atoms with van der Waals surface area (Å²) in [6, 6.07) is 8.01. The van der Waals surface area contributed by atoms with E-state index in [4.69, 9.17) is 9.47 Å². The Labute approximate surface area is 133 Å². The predicted molar refractivity (Wildman–Crippen MR) is 85.3 cm³/mol. The molecule has 0 unspecified atom stereocenters. The lowest BCUT2D eigenvalue weighted by Crippen LogP contribution is -2.03. The van der Waals surface area contributed by atoms with Crippen molar-refractivity contribution in [2.75, 3.05) is 7.11 Å². The summed E-state index contributed by atoms with van der Waals surface area (Å²) in [6.07, 6.45) is 0.755. The minimum atomic E-state index is -0.430. The third-order valence-electron chi connectivity index (χ3n) is 3.47. The molecule has 0 fully saturated rings. The summed E-state index contributed by atoms with van der Waals surface area (Å²) in [5.41, 5.74) is 2.66. The van der Waals surface area contributed by atoms with Crippen molar-refractivity contribution in [1.82, 2.24) is 0 Å². The number of nitro benzene ring substituents is 1. The Morgan fingerprint density at radius 3 is 2.35 bits per heavy atom. The largest absolute Gasteiger partial charge is 0.496 e. The van der Waals surface area contributed by atoms with E-state index in [-0.39, 0.29) is 12.3 Å². The van der Waals surface area contributed by atoms with E-state index in [1.165, 1.54) is 12.1 Å². The van der Waals surface area contributed by atoms with Crippen molar-refractivity contribution >= 4 is 12.0 Å². The van der Waals surface area contributed by atoms with Crippen LogP contribution in [0.3, 0.4) is 0 Å². The van der Waals surface area contributed by atoms with Gasteiger partial charge < -0.3 is 9.47 Å². The highest BCUT2D eigenvalue weighted by Crippen LogP contribution is 2.30. The summed E-state index contributed by atoms with van der Waals surface area (Å²) >= 11 is 0. The molecule has 0 saturated carbocycles. The number of methoxy groups -OCH3 is 1. The fourth-order valence-corrected chi connectivity index (χ4v) is 2.40. The fourth-order valence-electron chi connectivity index (χ4n) is 2.40. The van der Waals surface area contributed by atoms with Crippen molar-refractivity contribution in [2.45, 2.75) is 20.5 Å². The number of aryl methyl sites for hydroxylation is 2. The quantitative estimate of drug-likeness (QED) is 0.462. The molecule has 2 aromatic carbocycles. The van der Waals surface area contributed by atoms with Crippen LogP contribution in [0.15, 0.2) is 30.3 Å². The SMILES string of the molecule is COc1ccc(C=O)cc1COc1c(C)cc([N+](=O)[O-])cc1C. The van der Waals surface area contributed by atoms with Gasteiger partial charge in [0.1, 0.15) is 24.4 Å².